The van der Waals surface area contributed by atoms with Crippen molar-refractivity contribution in [1.82, 2.24) is 9.97 Å². The highest BCUT2D eigenvalue weighted by atomic mass is 35.5. The van der Waals surface area contributed by atoms with Crippen molar-refractivity contribution in [3.8, 4) is 23.0 Å². The molecule has 2 heterocycles. The molecule has 0 amide bonds. The number of rotatable bonds is 7. The molecule has 1 N–H and O–H groups in total. The molecule has 0 aliphatic rings. The van der Waals surface area contributed by atoms with Gasteiger partial charge in [-0.25, -0.2) is 4.98 Å². The van der Waals surface area contributed by atoms with Gasteiger partial charge in [0.25, 0.3) is 9.06 Å². The van der Waals surface area contributed by atoms with Gasteiger partial charge in [-0.2, -0.15) is 12.8 Å². The zero-order chi connectivity index (χ0) is 21.0. The van der Waals surface area contributed by atoms with Crippen molar-refractivity contribution in [3.05, 3.63) is 65.3 Å². The summed E-state index contributed by atoms with van der Waals surface area (Å²) in [5, 5.41) is 0.574. The van der Waals surface area contributed by atoms with Crippen LogP contribution >= 0.6 is 22.4 Å². The standard InChI is InChI=1S/C18H15ClFN3O4S2/c1-11-15(26-13-5-3-12(19)4-6-13)9-21-10-16(11)27-14-7-8-22-18(17(14)20)23-29(24,25)28-2/h3-10H,1-2H3,(H,22,23). The average Bonchev–Trinajstić information content (AvgIpc) is 2.69. The lowest BCUT2D eigenvalue weighted by Crippen LogP contribution is -2.10. The first-order chi connectivity index (χ1) is 13.8. The van der Waals surface area contributed by atoms with Gasteiger partial charge < -0.3 is 9.47 Å². The molecule has 0 radical (unpaired) electrons. The maximum absolute atomic E-state index is 14.7. The van der Waals surface area contributed by atoms with Crippen LogP contribution in [-0.2, 0) is 9.06 Å². The highest BCUT2D eigenvalue weighted by Gasteiger charge is 2.18. The predicted molar refractivity (Wildman–Crippen MR) is 111 cm³/mol. The van der Waals surface area contributed by atoms with Crippen molar-refractivity contribution in [2.24, 2.45) is 0 Å². The van der Waals surface area contributed by atoms with Crippen molar-refractivity contribution in [3.63, 3.8) is 0 Å². The molecular formula is C18H15ClFN3O4S2. The third-order valence-electron chi connectivity index (χ3n) is 3.68. The Kier molecular flexibility index (Phi) is 6.46. The Labute approximate surface area is 175 Å². The molecule has 11 heteroatoms. The Balaban J connectivity index is 1.86. The van der Waals surface area contributed by atoms with Gasteiger partial charge in [-0.1, -0.05) is 11.6 Å². The Morgan fingerprint density at radius 1 is 1.07 bits per heavy atom. The number of halogens is 2. The first kappa shape index (κ1) is 21.2. The smallest absolute Gasteiger partial charge is 0.287 e. The molecule has 3 rings (SSSR count). The Morgan fingerprint density at radius 3 is 2.38 bits per heavy atom. The number of hydrogen-bond acceptors (Lipinski definition) is 7. The van der Waals surface area contributed by atoms with Crippen LogP contribution in [0.15, 0.2) is 48.9 Å². The summed E-state index contributed by atoms with van der Waals surface area (Å²) in [6.07, 6.45) is 5.47. The fraction of sp³-hybridized carbons (Fsp3) is 0.111. The average molecular weight is 456 g/mol. The van der Waals surface area contributed by atoms with E-state index in [1.165, 1.54) is 30.9 Å². The van der Waals surface area contributed by atoms with Crippen LogP contribution in [0.5, 0.6) is 23.0 Å². The molecule has 0 unspecified atom stereocenters. The van der Waals surface area contributed by atoms with E-state index in [1.807, 2.05) is 4.72 Å². The van der Waals surface area contributed by atoms with Gasteiger partial charge in [0, 0.05) is 22.8 Å². The van der Waals surface area contributed by atoms with E-state index in [-0.39, 0.29) is 11.5 Å². The van der Waals surface area contributed by atoms with Crippen LogP contribution in [0.25, 0.3) is 0 Å². The molecular weight excluding hydrogens is 441 g/mol. The van der Waals surface area contributed by atoms with Gasteiger partial charge >= 0.3 is 0 Å². The molecule has 0 bridgehead atoms. The zero-order valence-electron chi connectivity index (χ0n) is 15.2. The van der Waals surface area contributed by atoms with E-state index >= 15 is 0 Å². The molecule has 0 aliphatic heterocycles. The lowest BCUT2D eigenvalue weighted by atomic mass is 10.2. The van der Waals surface area contributed by atoms with Gasteiger partial charge in [-0.15, -0.1) is 0 Å². The number of pyridine rings is 2. The normalized spacial score (nSPS) is 11.2. The molecule has 2 aromatic heterocycles. The summed E-state index contributed by atoms with van der Waals surface area (Å²) in [7, 11) is -3.24. The summed E-state index contributed by atoms with van der Waals surface area (Å²) in [4.78, 5) is 7.76. The summed E-state index contributed by atoms with van der Waals surface area (Å²) in [6.45, 7) is 1.72. The molecule has 0 fully saturated rings. The van der Waals surface area contributed by atoms with Gasteiger partial charge in [0.05, 0.1) is 12.4 Å². The van der Waals surface area contributed by atoms with Crippen molar-refractivity contribution in [2.75, 3.05) is 11.0 Å². The monoisotopic (exact) mass is 455 g/mol. The van der Waals surface area contributed by atoms with E-state index in [2.05, 4.69) is 9.97 Å². The Morgan fingerprint density at radius 2 is 1.72 bits per heavy atom. The van der Waals surface area contributed by atoms with E-state index in [0.29, 0.717) is 32.9 Å². The Hall–Kier alpha value is -2.56. The van der Waals surface area contributed by atoms with E-state index in [9.17, 15) is 12.8 Å². The van der Waals surface area contributed by atoms with Crippen LogP contribution in [0.3, 0.4) is 0 Å². The highest BCUT2D eigenvalue weighted by Crippen LogP contribution is 2.35. The maximum atomic E-state index is 14.7. The van der Waals surface area contributed by atoms with Crippen molar-refractivity contribution in [2.45, 2.75) is 6.92 Å². The minimum Gasteiger partial charge on any atom is -0.455 e. The summed E-state index contributed by atoms with van der Waals surface area (Å²) < 4.78 is 51.4. The first-order valence-electron chi connectivity index (χ1n) is 8.08. The van der Waals surface area contributed by atoms with Crippen LogP contribution in [0.1, 0.15) is 5.56 Å². The number of hydrogen-bond donors (Lipinski definition) is 1. The molecule has 0 saturated carbocycles. The van der Waals surface area contributed by atoms with Crippen LogP contribution in [0.4, 0.5) is 10.2 Å². The summed E-state index contributed by atoms with van der Waals surface area (Å²) >= 11 is 5.87. The van der Waals surface area contributed by atoms with Gasteiger partial charge in [0.2, 0.25) is 5.82 Å². The lowest BCUT2D eigenvalue weighted by Gasteiger charge is -2.14. The van der Waals surface area contributed by atoms with E-state index < -0.39 is 20.7 Å². The summed E-state index contributed by atoms with van der Waals surface area (Å²) in [5.41, 5.74) is 0.567. The van der Waals surface area contributed by atoms with Crippen LogP contribution in [-0.4, -0.2) is 24.6 Å². The quantitative estimate of drug-likeness (QED) is 0.490. The molecule has 0 saturated heterocycles. The third-order valence-corrected chi connectivity index (χ3v) is 6.38. The van der Waals surface area contributed by atoms with Crippen LogP contribution in [0.2, 0.25) is 5.02 Å². The van der Waals surface area contributed by atoms with Crippen LogP contribution in [0, 0.1) is 12.7 Å². The second-order valence-electron chi connectivity index (χ2n) is 5.61. The number of nitrogens with zero attached hydrogens (tertiary/aromatic N) is 2. The van der Waals surface area contributed by atoms with Gasteiger partial charge in [-0.3, -0.25) is 9.71 Å². The minimum absolute atomic E-state index is 0.215. The predicted octanol–water partition coefficient (Wildman–Crippen LogP) is 5.18. The first-order valence-corrected chi connectivity index (χ1v) is 11.7. The molecule has 1 aromatic carbocycles. The topological polar surface area (TPSA) is 90.4 Å². The van der Waals surface area contributed by atoms with Crippen molar-refractivity contribution in [1.29, 1.82) is 0 Å². The minimum atomic E-state index is -3.77. The SMILES string of the molecule is CSS(=O)(=O)Nc1nccc(Oc2cncc(Oc3ccc(Cl)cc3)c2C)c1F. The van der Waals surface area contributed by atoms with Crippen molar-refractivity contribution >= 4 is 37.3 Å². The fourth-order valence-electron chi connectivity index (χ4n) is 2.18. The maximum Gasteiger partial charge on any atom is 0.287 e. The number of anilines is 1. The summed E-state index contributed by atoms with van der Waals surface area (Å²) in [5.74, 6) is -0.444. The highest BCUT2D eigenvalue weighted by molar-refractivity contribution is 8.72. The molecule has 152 valence electrons. The second kappa shape index (κ2) is 8.85. The molecule has 29 heavy (non-hydrogen) atoms. The van der Waals surface area contributed by atoms with E-state index in [0.717, 1.165) is 0 Å². The number of nitrogens with one attached hydrogen (secondary N) is 1. The third kappa shape index (κ3) is 5.28. The number of aromatic nitrogens is 2. The molecule has 0 aliphatic carbocycles. The van der Waals surface area contributed by atoms with E-state index in [1.54, 1.807) is 31.2 Å². The Bertz CT molecular complexity index is 1130. The number of ether oxygens (including phenoxy) is 2. The molecule has 0 spiro atoms. The van der Waals surface area contributed by atoms with E-state index in [4.69, 9.17) is 21.1 Å². The molecule has 0 atom stereocenters. The zero-order valence-corrected chi connectivity index (χ0v) is 17.6. The summed E-state index contributed by atoms with van der Waals surface area (Å²) in [6, 6.07) is 8.04. The van der Waals surface area contributed by atoms with Crippen molar-refractivity contribution < 1.29 is 22.3 Å². The van der Waals surface area contributed by atoms with Gasteiger partial charge in [0.15, 0.2) is 23.1 Å². The van der Waals surface area contributed by atoms with Gasteiger partial charge in [0.1, 0.15) is 5.75 Å². The molecule has 7 nitrogen and oxygen atoms in total. The fourth-order valence-corrected chi connectivity index (χ4v) is 3.25. The largest absolute Gasteiger partial charge is 0.455 e. The second-order valence-corrected chi connectivity index (χ2v) is 9.81. The number of benzene rings is 1. The lowest BCUT2D eigenvalue weighted by molar-refractivity contribution is 0.426. The molecule has 3 aromatic rings. The van der Waals surface area contributed by atoms with Crippen LogP contribution < -0.4 is 14.2 Å². The van der Waals surface area contributed by atoms with Gasteiger partial charge in [-0.05, 0) is 48.2 Å².